The number of amides is 3. The average molecular weight is 295 g/mol. The third-order valence-corrected chi connectivity index (χ3v) is 2.21. The molecule has 0 heterocycles. The van der Waals surface area contributed by atoms with Crippen molar-refractivity contribution in [3.63, 3.8) is 0 Å². The summed E-state index contributed by atoms with van der Waals surface area (Å²) in [7, 11) is 1.48. The Morgan fingerprint density at radius 3 is 2.67 bits per heavy atom. The Morgan fingerprint density at radius 2 is 2.00 bits per heavy atom. The molecule has 0 radical (unpaired) electrons. The van der Waals surface area contributed by atoms with Crippen molar-refractivity contribution in [1.82, 2.24) is 10.6 Å². The molecule has 1 aromatic rings. The van der Waals surface area contributed by atoms with Gasteiger partial charge >= 0.3 is 18.1 Å². The van der Waals surface area contributed by atoms with Crippen LogP contribution in [-0.4, -0.2) is 38.3 Å². The molecular weight excluding hydrogens is 278 g/mol. The highest BCUT2D eigenvalue weighted by atomic mass is 16.6. The molecule has 0 saturated heterocycles. The lowest BCUT2D eigenvalue weighted by molar-refractivity contribution is -0.141. The molecule has 0 aliphatic heterocycles. The van der Waals surface area contributed by atoms with Crippen molar-refractivity contribution >= 4 is 23.8 Å². The monoisotopic (exact) mass is 295 g/mol. The Balaban J connectivity index is 2.50. The van der Waals surface area contributed by atoms with E-state index in [0.29, 0.717) is 5.69 Å². The fourth-order valence-corrected chi connectivity index (χ4v) is 1.33. The highest BCUT2D eigenvalue weighted by Crippen LogP contribution is 2.17. The molecule has 8 nitrogen and oxygen atoms in total. The molecule has 3 amide bonds. The van der Waals surface area contributed by atoms with Gasteiger partial charge in [-0.25, -0.2) is 9.59 Å². The van der Waals surface area contributed by atoms with Crippen LogP contribution in [0.4, 0.5) is 15.3 Å². The highest BCUT2D eigenvalue weighted by Gasteiger charge is 2.08. The molecule has 3 N–H and O–H groups in total. The molecule has 0 bridgehead atoms. The van der Waals surface area contributed by atoms with Gasteiger partial charge < -0.3 is 25.4 Å². The maximum atomic E-state index is 11.5. The van der Waals surface area contributed by atoms with E-state index in [0.717, 1.165) is 0 Å². The predicted octanol–water partition coefficient (Wildman–Crippen LogP) is 1.09. The van der Waals surface area contributed by atoms with E-state index in [9.17, 15) is 14.4 Å². The minimum absolute atomic E-state index is 0.227. The van der Waals surface area contributed by atoms with Gasteiger partial charge in [-0.2, -0.15) is 0 Å². The summed E-state index contributed by atoms with van der Waals surface area (Å²) in [6.45, 7) is 1.63. The van der Waals surface area contributed by atoms with Crippen LogP contribution in [0.15, 0.2) is 24.3 Å². The van der Waals surface area contributed by atoms with Crippen molar-refractivity contribution in [2.24, 2.45) is 0 Å². The van der Waals surface area contributed by atoms with Gasteiger partial charge in [0.1, 0.15) is 12.3 Å². The SMILES string of the molecule is CCOC(=O)CNC(=O)Oc1cccc(NC(=O)NC)c1. The molecule has 114 valence electrons. The second-order valence-corrected chi connectivity index (χ2v) is 3.78. The van der Waals surface area contributed by atoms with E-state index >= 15 is 0 Å². The van der Waals surface area contributed by atoms with Gasteiger partial charge in [0.05, 0.1) is 6.61 Å². The van der Waals surface area contributed by atoms with Gasteiger partial charge in [0.2, 0.25) is 0 Å². The first-order chi connectivity index (χ1) is 10.0. The van der Waals surface area contributed by atoms with Crippen molar-refractivity contribution in [2.45, 2.75) is 6.92 Å². The zero-order valence-corrected chi connectivity index (χ0v) is 11.8. The van der Waals surface area contributed by atoms with Crippen molar-refractivity contribution in [2.75, 3.05) is 25.5 Å². The van der Waals surface area contributed by atoms with Crippen LogP contribution in [-0.2, 0) is 9.53 Å². The summed E-state index contributed by atoms with van der Waals surface area (Å²) >= 11 is 0. The van der Waals surface area contributed by atoms with E-state index in [-0.39, 0.29) is 24.9 Å². The summed E-state index contributed by atoms with van der Waals surface area (Å²) in [5.41, 5.74) is 0.463. The quantitative estimate of drug-likeness (QED) is 0.705. The van der Waals surface area contributed by atoms with Crippen LogP contribution in [0.2, 0.25) is 0 Å². The zero-order chi connectivity index (χ0) is 15.7. The Kier molecular flexibility index (Phi) is 6.52. The summed E-state index contributed by atoms with van der Waals surface area (Å²) in [6.07, 6.45) is -0.792. The number of anilines is 1. The van der Waals surface area contributed by atoms with Crippen LogP contribution < -0.4 is 20.7 Å². The average Bonchev–Trinajstić information content (AvgIpc) is 2.45. The molecule has 0 aromatic heterocycles. The normalized spacial score (nSPS) is 9.43. The third kappa shape index (κ3) is 6.28. The molecule has 0 aliphatic rings. The number of benzene rings is 1. The number of urea groups is 1. The Bertz CT molecular complexity index is 518. The molecule has 8 heteroatoms. The first kappa shape index (κ1) is 16.3. The van der Waals surface area contributed by atoms with Crippen LogP contribution in [0.25, 0.3) is 0 Å². The van der Waals surface area contributed by atoms with Gasteiger partial charge in [0.25, 0.3) is 0 Å². The summed E-state index contributed by atoms with van der Waals surface area (Å²) in [5, 5.41) is 7.18. The van der Waals surface area contributed by atoms with E-state index in [4.69, 9.17) is 4.74 Å². The first-order valence-electron chi connectivity index (χ1n) is 6.25. The topological polar surface area (TPSA) is 106 Å². The van der Waals surface area contributed by atoms with E-state index < -0.39 is 12.1 Å². The largest absolute Gasteiger partial charge is 0.465 e. The number of esters is 1. The van der Waals surface area contributed by atoms with Crippen molar-refractivity contribution in [3.8, 4) is 5.75 Å². The van der Waals surface area contributed by atoms with E-state index in [1.807, 2.05) is 0 Å². The molecule has 0 atom stereocenters. The Hall–Kier alpha value is -2.77. The molecular formula is C13H17N3O5. The maximum Gasteiger partial charge on any atom is 0.413 e. The summed E-state index contributed by atoms with van der Waals surface area (Å²) < 4.78 is 9.62. The summed E-state index contributed by atoms with van der Waals surface area (Å²) in [5.74, 6) is -0.324. The lowest BCUT2D eigenvalue weighted by atomic mass is 10.3. The van der Waals surface area contributed by atoms with Gasteiger partial charge in [-0.15, -0.1) is 0 Å². The van der Waals surface area contributed by atoms with Crippen molar-refractivity contribution in [1.29, 1.82) is 0 Å². The summed E-state index contributed by atoms with van der Waals surface area (Å²) in [6, 6.07) is 5.87. The van der Waals surface area contributed by atoms with Gasteiger partial charge in [-0.3, -0.25) is 4.79 Å². The number of hydrogen-bond acceptors (Lipinski definition) is 5. The molecule has 1 aromatic carbocycles. The number of rotatable bonds is 5. The highest BCUT2D eigenvalue weighted by molar-refractivity contribution is 5.89. The lowest BCUT2D eigenvalue weighted by Gasteiger charge is -2.08. The molecule has 0 spiro atoms. The lowest BCUT2D eigenvalue weighted by Crippen LogP contribution is -2.32. The number of carbonyl (C=O) groups excluding carboxylic acids is 3. The fraction of sp³-hybridized carbons (Fsp3) is 0.308. The standard InChI is InChI=1S/C13H17N3O5/c1-3-20-11(17)8-15-13(19)21-10-6-4-5-9(7-10)16-12(18)14-2/h4-7H,3,8H2,1-2H3,(H,15,19)(H2,14,16,18). The minimum Gasteiger partial charge on any atom is -0.465 e. The summed E-state index contributed by atoms with van der Waals surface area (Å²) in [4.78, 5) is 33.7. The van der Waals surface area contributed by atoms with Gasteiger partial charge in [0.15, 0.2) is 0 Å². The van der Waals surface area contributed by atoms with E-state index in [2.05, 4.69) is 20.7 Å². The minimum atomic E-state index is -0.792. The van der Waals surface area contributed by atoms with E-state index in [1.54, 1.807) is 25.1 Å². The van der Waals surface area contributed by atoms with Crippen LogP contribution in [0, 0.1) is 0 Å². The number of ether oxygens (including phenoxy) is 2. The Labute approximate surface area is 121 Å². The van der Waals surface area contributed by atoms with Crippen LogP contribution in [0.5, 0.6) is 5.75 Å². The maximum absolute atomic E-state index is 11.5. The Morgan fingerprint density at radius 1 is 1.24 bits per heavy atom. The molecule has 0 aliphatic carbocycles. The molecule has 0 saturated carbocycles. The smallest absolute Gasteiger partial charge is 0.413 e. The van der Waals surface area contributed by atoms with Gasteiger partial charge in [0, 0.05) is 18.8 Å². The first-order valence-corrected chi connectivity index (χ1v) is 6.25. The second kappa shape index (κ2) is 8.41. The number of hydrogen-bond donors (Lipinski definition) is 3. The molecule has 0 fully saturated rings. The fourth-order valence-electron chi connectivity index (χ4n) is 1.33. The van der Waals surface area contributed by atoms with Crippen molar-refractivity contribution < 1.29 is 23.9 Å². The number of carbonyl (C=O) groups is 3. The molecule has 0 unspecified atom stereocenters. The zero-order valence-electron chi connectivity index (χ0n) is 11.8. The van der Waals surface area contributed by atoms with E-state index in [1.165, 1.54) is 13.1 Å². The predicted molar refractivity (Wildman–Crippen MR) is 75.2 cm³/mol. The third-order valence-electron chi connectivity index (χ3n) is 2.21. The second-order valence-electron chi connectivity index (χ2n) is 3.78. The number of nitrogens with one attached hydrogen (secondary N) is 3. The molecule has 21 heavy (non-hydrogen) atoms. The molecule has 1 rings (SSSR count). The van der Waals surface area contributed by atoms with Gasteiger partial charge in [-0.1, -0.05) is 6.07 Å². The van der Waals surface area contributed by atoms with Gasteiger partial charge in [-0.05, 0) is 19.1 Å². The van der Waals surface area contributed by atoms with Crippen LogP contribution >= 0.6 is 0 Å². The van der Waals surface area contributed by atoms with Crippen LogP contribution in [0.3, 0.4) is 0 Å². The van der Waals surface area contributed by atoms with Crippen LogP contribution in [0.1, 0.15) is 6.92 Å². The van der Waals surface area contributed by atoms with Crippen molar-refractivity contribution in [3.05, 3.63) is 24.3 Å².